The first-order valence-electron chi connectivity index (χ1n) is 5.62. The zero-order valence-corrected chi connectivity index (χ0v) is 9.03. The van der Waals surface area contributed by atoms with Gasteiger partial charge in [-0.2, -0.15) is 0 Å². The summed E-state index contributed by atoms with van der Waals surface area (Å²) >= 11 is 0. The molecule has 16 heavy (non-hydrogen) atoms. The van der Waals surface area contributed by atoms with Gasteiger partial charge in [-0.3, -0.25) is 0 Å². The van der Waals surface area contributed by atoms with Crippen LogP contribution >= 0.6 is 0 Å². The van der Waals surface area contributed by atoms with Crippen molar-refractivity contribution in [2.24, 2.45) is 5.73 Å². The van der Waals surface area contributed by atoms with E-state index in [0.717, 1.165) is 41.0 Å². The van der Waals surface area contributed by atoms with E-state index in [9.17, 15) is 5.11 Å². The molecule has 1 atom stereocenters. The Bertz CT molecular complexity index is 431. The van der Waals surface area contributed by atoms with Crippen LogP contribution in [0.5, 0.6) is 11.5 Å². The van der Waals surface area contributed by atoms with E-state index >= 15 is 0 Å². The second kappa shape index (κ2) is 3.64. The molecule has 0 amide bonds. The maximum absolute atomic E-state index is 9.17. The van der Waals surface area contributed by atoms with Crippen molar-refractivity contribution >= 4 is 0 Å². The van der Waals surface area contributed by atoms with Gasteiger partial charge in [0.15, 0.2) is 11.5 Å². The van der Waals surface area contributed by atoms with Crippen LogP contribution in [0.1, 0.15) is 22.7 Å². The van der Waals surface area contributed by atoms with Crippen LogP contribution in [0.2, 0.25) is 0 Å². The number of benzene rings is 1. The number of nitrogens with two attached hydrogens (primary N) is 1. The summed E-state index contributed by atoms with van der Waals surface area (Å²) in [7, 11) is 0. The van der Waals surface area contributed by atoms with Crippen LogP contribution in [0.3, 0.4) is 0 Å². The zero-order chi connectivity index (χ0) is 11.1. The average Bonchev–Trinajstić information content (AvgIpc) is 2.93. The Morgan fingerprint density at radius 3 is 2.81 bits per heavy atom. The van der Waals surface area contributed by atoms with Gasteiger partial charge in [0.05, 0.1) is 25.9 Å². The third-order valence-electron chi connectivity index (χ3n) is 3.26. The van der Waals surface area contributed by atoms with Crippen molar-refractivity contribution in [3.63, 3.8) is 0 Å². The molecule has 1 aromatic carbocycles. The maximum Gasteiger partial charge on any atom is 0.165 e. The molecular weight excluding hydrogens is 206 g/mol. The molecule has 0 fully saturated rings. The summed E-state index contributed by atoms with van der Waals surface area (Å²) in [5, 5.41) is 9.17. The zero-order valence-electron chi connectivity index (χ0n) is 9.03. The summed E-state index contributed by atoms with van der Waals surface area (Å²) in [5.74, 6) is 1.75. The Morgan fingerprint density at radius 2 is 2.00 bits per heavy atom. The van der Waals surface area contributed by atoms with Crippen LogP contribution in [0, 0.1) is 0 Å². The van der Waals surface area contributed by atoms with Crippen molar-refractivity contribution in [2.75, 3.05) is 19.8 Å². The molecule has 1 unspecified atom stereocenters. The maximum atomic E-state index is 9.17. The van der Waals surface area contributed by atoms with Gasteiger partial charge in [-0.05, 0) is 11.6 Å². The second-order valence-corrected chi connectivity index (χ2v) is 4.25. The van der Waals surface area contributed by atoms with Gasteiger partial charge in [0.1, 0.15) is 0 Å². The number of rotatable bonds is 2. The number of ether oxygens (including phenoxy) is 2. The molecule has 0 spiro atoms. The van der Waals surface area contributed by atoms with Gasteiger partial charge in [0, 0.05) is 24.0 Å². The second-order valence-electron chi connectivity index (χ2n) is 4.25. The molecule has 0 saturated carbocycles. The first-order chi connectivity index (χ1) is 7.81. The Morgan fingerprint density at radius 1 is 1.25 bits per heavy atom. The molecule has 3 rings (SSSR count). The van der Waals surface area contributed by atoms with E-state index in [-0.39, 0.29) is 12.6 Å². The van der Waals surface area contributed by atoms with Crippen molar-refractivity contribution in [3.05, 3.63) is 22.8 Å². The predicted molar refractivity (Wildman–Crippen MR) is 58.9 cm³/mol. The molecule has 0 bridgehead atoms. The summed E-state index contributed by atoms with van der Waals surface area (Å²) in [6.45, 7) is 1.36. The first kappa shape index (κ1) is 9.93. The molecule has 0 radical (unpaired) electrons. The third-order valence-corrected chi connectivity index (χ3v) is 3.26. The highest BCUT2D eigenvalue weighted by molar-refractivity contribution is 5.59. The highest BCUT2D eigenvalue weighted by Gasteiger charge is 2.28. The lowest BCUT2D eigenvalue weighted by atomic mass is 9.95. The van der Waals surface area contributed by atoms with Crippen LogP contribution in [-0.2, 0) is 12.8 Å². The largest absolute Gasteiger partial charge is 0.489 e. The predicted octanol–water partition coefficient (Wildman–Crippen LogP) is 0.548. The number of hydrogen-bond donors (Lipinski definition) is 2. The van der Waals surface area contributed by atoms with Crippen molar-refractivity contribution in [1.29, 1.82) is 0 Å². The summed E-state index contributed by atoms with van der Waals surface area (Å²) < 4.78 is 11.2. The molecule has 0 aliphatic carbocycles. The minimum absolute atomic E-state index is 0.0356. The fraction of sp³-hybridized carbons (Fsp3) is 0.500. The summed E-state index contributed by atoms with van der Waals surface area (Å²) in [6.07, 6.45) is 1.76. The Labute approximate surface area is 94.0 Å². The topological polar surface area (TPSA) is 64.7 Å². The van der Waals surface area contributed by atoms with Gasteiger partial charge < -0.3 is 20.3 Å². The molecule has 4 heteroatoms. The van der Waals surface area contributed by atoms with Crippen LogP contribution in [0.4, 0.5) is 0 Å². The summed E-state index contributed by atoms with van der Waals surface area (Å²) in [6, 6.07) is 1.75. The third kappa shape index (κ3) is 1.30. The van der Waals surface area contributed by atoms with E-state index in [1.54, 1.807) is 0 Å². The fourth-order valence-electron chi connectivity index (χ4n) is 2.46. The fourth-order valence-corrected chi connectivity index (χ4v) is 2.46. The monoisotopic (exact) mass is 221 g/mol. The number of aliphatic hydroxyl groups is 1. The highest BCUT2D eigenvalue weighted by Crippen LogP contribution is 2.44. The normalized spacial score (nSPS) is 18.6. The molecule has 2 heterocycles. The van der Waals surface area contributed by atoms with Gasteiger partial charge in [-0.15, -0.1) is 0 Å². The van der Waals surface area contributed by atoms with Crippen LogP contribution < -0.4 is 15.2 Å². The number of hydrogen-bond acceptors (Lipinski definition) is 4. The van der Waals surface area contributed by atoms with Crippen molar-refractivity contribution < 1.29 is 14.6 Å². The summed E-state index contributed by atoms with van der Waals surface area (Å²) in [4.78, 5) is 0. The first-order valence-corrected chi connectivity index (χ1v) is 5.62. The number of aliphatic hydroxyl groups excluding tert-OH is 1. The van der Waals surface area contributed by atoms with E-state index in [2.05, 4.69) is 6.07 Å². The lowest BCUT2D eigenvalue weighted by Gasteiger charge is -2.15. The standard InChI is InChI=1S/C12H15NO3/c13-10(6-14)9-5-7-1-3-15-11(7)12-8(9)2-4-16-12/h5,10,14H,1-4,6,13H2. The van der Waals surface area contributed by atoms with Gasteiger partial charge in [0.25, 0.3) is 0 Å². The van der Waals surface area contributed by atoms with Crippen molar-refractivity contribution in [2.45, 2.75) is 18.9 Å². The molecule has 1 aromatic rings. The van der Waals surface area contributed by atoms with Crippen LogP contribution in [-0.4, -0.2) is 24.9 Å². The molecule has 2 aliphatic heterocycles. The smallest absolute Gasteiger partial charge is 0.165 e. The van der Waals surface area contributed by atoms with Gasteiger partial charge >= 0.3 is 0 Å². The lowest BCUT2D eigenvalue weighted by Crippen LogP contribution is -2.16. The van der Waals surface area contributed by atoms with E-state index in [1.807, 2.05) is 0 Å². The van der Waals surface area contributed by atoms with E-state index in [1.165, 1.54) is 0 Å². The Kier molecular flexibility index (Phi) is 2.26. The van der Waals surface area contributed by atoms with Gasteiger partial charge in [-0.1, -0.05) is 0 Å². The summed E-state index contributed by atoms with van der Waals surface area (Å²) in [5.41, 5.74) is 9.19. The van der Waals surface area contributed by atoms with Gasteiger partial charge in [-0.25, -0.2) is 0 Å². The number of fused-ring (bicyclic) bond motifs is 3. The van der Waals surface area contributed by atoms with Gasteiger partial charge in [0.2, 0.25) is 0 Å². The molecule has 3 N–H and O–H groups in total. The minimum atomic E-state index is -0.318. The van der Waals surface area contributed by atoms with E-state index < -0.39 is 0 Å². The quantitative estimate of drug-likeness (QED) is 0.765. The van der Waals surface area contributed by atoms with E-state index in [4.69, 9.17) is 15.2 Å². The Hall–Kier alpha value is -1.26. The highest BCUT2D eigenvalue weighted by atomic mass is 16.5. The van der Waals surface area contributed by atoms with Crippen LogP contribution in [0.25, 0.3) is 0 Å². The van der Waals surface area contributed by atoms with Crippen molar-refractivity contribution in [1.82, 2.24) is 0 Å². The minimum Gasteiger partial charge on any atom is -0.489 e. The molecule has 0 saturated heterocycles. The van der Waals surface area contributed by atoms with E-state index in [0.29, 0.717) is 13.2 Å². The van der Waals surface area contributed by atoms with Crippen molar-refractivity contribution in [3.8, 4) is 11.5 Å². The molecule has 2 aliphatic rings. The van der Waals surface area contributed by atoms with Crippen LogP contribution in [0.15, 0.2) is 6.07 Å². The SMILES string of the molecule is NC(CO)c1cc2c(c3c1CCO3)OCC2. The lowest BCUT2D eigenvalue weighted by molar-refractivity contribution is 0.267. The average molecular weight is 221 g/mol. The molecular formula is C12H15NO3. The molecule has 86 valence electrons. The molecule has 4 nitrogen and oxygen atoms in total. The Balaban J connectivity index is 2.16. The molecule has 0 aromatic heterocycles.